The molecule has 138 valence electrons. The number of benzene rings is 2. The van der Waals surface area contributed by atoms with Crippen molar-refractivity contribution in [3.63, 3.8) is 0 Å². The molecule has 0 saturated heterocycles. The minimum Gasteiger partial charge on any atom is -0.370 e. The first kappa shape index (κ1) is 18.8. The Labute approximate surface area is 156 Å². The predicted octanol–water partition coefficient (Wildman–Crippen LogP) is 4.79. The van der Waals surface area contributed by atoms with E-state index in [1.54, 1.807) is 0 Å². The fraction of sp³-hybridized carbons (Fsp3) is 0.435. The summed E-state index contributed by atoms with van der Waals surface area (Å²) < 4.78 is 12.3. The lowest BCUT2D eigenvalue weighted by Gasteiger charge is -2.40. The summed E-state index contributed by atoms with van der Waals surface area (Å²) in [6, 6.07) is 20.1. The molecule has 0 radical (unpaired) electrons. The number of hydrogen-bond acceptors (Lipinski definition) is 3. The lowest BCUT2D eigenvalue weighted by molar-refractivity contribution is -0.164. The van der Waals surface area contributed by atoms with Gasteiger partial charge in [0.25, 0.3) is 0 Å². The number of ketones is 1. The maximum Gasteiger partial charge on any atom is 0.164 e. The van der Waals surface area contributed by atoms with Crippen molar-refractivity contribution in [3.8, 4) is 0 Å². The highest BCUT2D eigenvalue weighted by atomic mass is 16.5. The van der Waals surface area contributed by atoms with E-state index in [9.17, 15) is 4.79 Å². The topological polar surface area (TPSA) is 35.5 Å². The summed E-state index contributed by atoms with van der Waals surface area (Å²) in [6.07, 6.45) is 0.882. The summed E-state index contributed by atoms with van der Waals surface area (Å²) in [5.41, 5.74) is 2.19. The van der Waals surface area contributed by atoms with Crippen LogP contribution in [0, 0.1) is 11.8 Å². The Morgan fingerprint density at radius 1 is 0.885 bits per heavy atom. The molecule has 0 N–H and O–H groups in total. The first-order chi connectivity index (χ1) is 12.7. The van der Waals surface area contributed by atoms with Crippen LogP contribution in [-0.4, -0.2) is 18.0 Å². The van der Waals surface area contributed by atoms with Crippen LogP contribution in [-0.2, 0) is 27.5 Å². The minimum absolute atomic E-state index is 0.170. The van der Waals surface area contributed by atoms with E-state index in [1.807, 2.05) is 60.7 Å². The molecule has 0 aliphatic heterocycles. The second kappa shape index (κ2) is 9.11. The standard InChI is InChI=1S/C23H28O3/c1-3-20-14-21(24)23(26-16-19-12-8-5-9-13-19)22(17(20)2)25-15-18-10-6-4-7-11-18/h4-13,17,20,22-23H,3,14-16H2,1-2H3/t17-,20+,22+,23+/m1/s1. The molecule has 0 bridgehead atoms. The monoisotopic (exact) mass is 352 g/mol. The Kier molecular flexibility index (Phi) is 6.59. The molecule has 3 heteroatoms. The number of hydrogen-bond donors (Lipinski definition) is 0. The van der Waals surface area contributed by atoms with Gasteiger partial charge in [-0.25, -0.2) is 0 Å². The molecule has 1 aliphatic rings. The van der Waals surface area contributed by atoms with Gasteiger partial charge in [-0.3, -0.25) is 4.79 Å². The molecule has 3 nitrogen and oxygen atoms in total. The summed E-state index contributed by atoms with van der Waals surface area (Å²) in [4.78, 5) is 12.7. The van der Waals surface area contributed by atoms with Crippen LogP contribution in [0.5, 0.6) is 0 Å². The fourth-order valence-corrected chi connectivity index (χ4v) is 3.76. The van der Waals surface area contributed by atoms with Crippen molar-refractivity contribution in [1.29, 1.82) is 0 Å². The number of carbonyl (C=O) groups is 1. The molecule has 0 aromatic heterocycles. The summed E-state index contributed by atoms with van der Waals surface area (Å²) in [5.74, 6) is 0.825. The lowest BCUT2D eigenvalue weighted by atomic mass is 9.75. The van der Waals surface area contributed by atoms with Crippen molar-refractivity contribution in [2.45, 2.75) is 52.1 Å². The van der Waals surface area contributed by atoms with Crippen molar-refractivity contribution in [1.82, 2.24) is 0 Å². The second-order valence-corrected chi connectivity index (χ2v) is 7.18. The second-order valence-electron chi connectivity index (χ2n) is 7.18. The quantitative estimate of drug-likeness (QED) is 0.718. The highest BCUT2D eigenvalue weighted by Gasteiger charge is 2.42. The van der Waals surface area contributed by atoms with Gasteiger partial charge in [0, 0.05) is 6.42 Å². The van der Waals surface area contributed by atoms with Crippen LogP contribution in [0.15, 0.2) is 60.7 Å². The third-order valence-corrected chi connectivity index (χ3v) is 5.42. The zero-order valence-corrected chi connectivity index (χ0v) is 15.6. The molecule has 0 spiro atoms. The van der Waals surface area contributed by atoms with Crippen LogP contribution < -0.4 is 0 Å². The smallest absolute Gasteiger partial charge is 0.164 e. The van der Waals surface area contributed by atoms with Crippen molar-refractivity contribution in [2.75, 3.05) is 0 Å². The molecule has 2 aromatic rings. The average Bonchev–Trinajstić information content (AvgIpc) is 2.69. The normalized spacial score (nSPS) is 26.0. The van der Waals surface area contributed by atoms with Crippen LogP contribution in [0.1, 0.15) is 37.8 Å². The van der Waals surface area contributed by atoms with Gasteiger partial charge in [0.1, 0.15) is 6.10 Å². The molecule has 0 amide bonds. The molecular weight excluding hydrogens is 324 g/mol. The molecular formula is C23H28O3. The van der Waals surface area contributed by atoms with Gasteiger partial charge in [-0.1, -0.05) is 80.9 Å². The van der Waals surface area contributed by atoms with Crippen LogP contribution in [0.25, 0.3) is 0 Å². The average molecular weight is 352 g/mol. The van der Waals surface area contributed by atoms with E-state index in [0.29, 0.717) is 31.5 Å². The van der Waals surface area contributed by atoms with E-state index in [2.05, 4.69) is 13.8 Å². The fourth-order valence-electron chi connectivity index (χ4n) is 3.76. The Morgan fingerprint density at radius 2 is 1.42 bits per heavy atom. The van der Waals surface area contributed by atoms with Gasteiger partial charge in [-0.05, 0) is 23.0 Å². The Bertz CT molecular complexity index is 683. The zero-order valence-electron chi connectivity index (χ0n) is 15.6. The van der Waals surface area contributed by atoms with Gasteiger partial charge in [-0.2, -0.15) is 0 Å². The van der Waals surface area contributed by atoms with Crippen molar-refractivity contribution < 1.29 is 14.3 Å². The van der Waals surface area contributed by atoms with Gasteiger partial charge in [0.15, 0.2) is 5.78 Å². The van der Waals surface area contributed by atoms with E-state index in [0.717, 1.165) is 17.5 Å². The number of carbonyl (C=O) groups excluding carboxylic acids is 1. The maximum absolute atomic E-state index is 12.7. The Balaban J connectivity index is 1.71. The first-order valence-corrected chi connectivity index (χ1v) is 9.52. The molecule has 1 aliphatic carbocycles. The molecule has 0 heterocycles. The van der Waals surface area contributed by atoms with Crippen molar-refractivity contribution in [3.05, 3.63) is 71.8 Å². The van der Waals surface area contributed by atoms with Crippen molar-refractivity contribution >= 4 is 5.78 Å². The van der Waals surface area contributed by atoms with Gasteiger partial charge in [0.2, 0.25) is 0 Å². The van der Waals surface area contributed by atoms with Gasteiger partial charge >= 0.3 is 0 Å². The molecule has 1 fully saturated rings. The van der Waals surface area contributed by atoms with Crippen molar-refractivity contribution in [2.24, 2.45) is 11.8 Å². The van der Waals surface area contributed by atoms with Gasteiger partial charge < -0.3 is 9.47 Å². The third-order valence-electron chi connectivity index (χ3n) is 5.42. The van der Waals surface area contributed by atoms with Crippen LogP contribution in [0.2, 0.25) is 0 Å². The highest BCUT2D eigenvalue weighted by molar-refractivity contribution is 5.85. The van der Waals surface area contributed by atoms with E-state index < -0.39 is 6.10 Å². The molecule has 3 rings (SSSR count). The van der Waals surface area contributed by atoms with E-state index in [-0.39, 0.29) is 11.9 Å². The number of ether oxygens (including phenoxy) is 2. The molecule has 1 saturated carbocycles. The Morgan fingerprint density at radius 3 is 1.96 bits per heavy atom. The lowest BCUT2D eigenvalue weighted by Crippen LogP contribution is -2.49. The largest absolute Gasteiger partial charge is 0.370 e. The van der Waals surface area contributed by atoms with Gasteiger partial charge in [0.05, 0.1) is 19.3 Å². The summed E-state index contributed by atoms with van der Waals surface area (Å²) >= 11 is 0. The third kappa shape index (κ3) is 4.60. The van der Waals surface area contributed by atoms with Crippen LogP contribution in [0.3, 0.4) is 0 Å². The minimum atomic E-state index is -0.489. The maximum atomic E-state index is 12.7. The molecule has 26 heavy (non-hydrogen) atoms. The molecule has 2 aromatic carbocycles. The predicted molar refractivity (Wildman–Crippen MR) is 103 cm³/mol. The zero-order chi connectivity index (χ0) is 18.4. The van der Waals surface area contributed by atoms with E-state index in [1.165, 1.54) is 0 Å². The highest BCUT2D eigenvalue weighted by Crippen LogP contribution is 2.34. The van der Waals surface area contributed by atoms with Gasteiger partial charge in [-0.15, -0.1) is 0 Å². The summed E-state index contributed by atoms with van der Waals surface area (Å²) in [6.45, 7) is 5.28. The first-order valence-electron chi connectivity index (χ1n) is 9.52. The molecule has 4 atom stereocenters. The Hall–Kier alpha value is -1.97. The van der Waals surface area contributed by atoms with Crippen LogP contribution in [0.4, 0.5) is 0 Å². The number of Topliss-reactive ketones (excluding diaryl/α,β-unsaturated/α-hetero) is 1. The van der Waals surface area contributed by atoms with E-state index >= 15 is 0 Å². The van der Waals surface area contributed by atoms with Crippen LogP contribution >= 0.6 is 0 Å². The number of rotatable bonds is 7. The summed E-state index contributed by atoms with van der Waals surface area (Å²) in [7, 11) is 0. The van der Waals surface area contributed by atoms with E-state index in [4.69, 9.17) is 9.47 Å². The molecule has 0 unspecified atom stereocenters. The SMILES string of the molecule is CC[C@H]1CC(=O)[C@H](OCc2ccccc2)[C@@H](OCc2ccccc2)[C@@H]1C. The summed E-state index contributed by atoms with van der Waals surface area (Å²) in [5, 5.41) is 0.